The van der Waals surface area contributed by atoms with Crippen molar-refractivity contribution in [2.45, 2.75) is 456 Å². The third kappa shape index (κ3) is 67.9. The Bertz CT molecular complexity index is 1180. The van der Waals surface area contributed by atoms with Gasteiger partial charge in [-0.25, -0.2) is 0 Å². The number of hydrogen-bond donors (Lipinski definition) is 3. The van der Waals surface area contributed by atoms with E-state index >= 15 is 0 Å². The highest BCUT2D eigenvalue weighted by molar-refractivity contribution is 5.76. The summed E-state index contributed by atoms with van der Waals surface area (Å²) in [6.45, 7) is 4.99. The third-order valence-electron chi connectivity index (χ3n) is 18.2. The minimum Gasteiger partial charge on any atom is -0.466 e. The van der Waals surface area contributed by atoms with Crippen LogP contribution in [-0.4, -0.2) is 47.4 Å². The molecule has 0 aromatic carbocycles. The molecule has 6 heteroatoms. The van der Waals surface area contributed by atoms with Gasteiger partial charge in [-0.1, -0.05) is 406 Å². The summed E-state index contributed by atoms with van der Waals surface area (Å²) < 4.78 is 5.51. The van der Waals surface area contributed by atoms with Crippen molar-refractivity contribution in [3.63, 3.8) is 0 Å². The van der Waals surface area contributed by atoms with E-state index in [1.165, 1.54) is 372 Å². The highest BCUT2D eigenvalue weighted by Gasteiger charge is 2.20. The van der Waals surface area contributed by atoms with Crippen LogP contribution in [0.3, 0.4) is 0 Å². The van der Waals surface area contributed by atoms with Crippen LogP contribution in [0.1, 0.15) is 444 Å². The second kappa shape index (κ2) is 71.3. The average molecular weight is 1150 g/mol. The predicted molar refractivity (Wildman–Crippen MR) is 357 cm³/mol. The van der Waals surface area contributed by atoms with Crippen molar-refractivity contribution in [2.24, 2.45) is 0 Å². The predicted octanol–water partition coefficient (Wildman–Crippen LogP) is 24.5. The number of unbranched alkanes of at least 4 members (excludes halogenated alkanes) is 61. The van der Waals surface area contributed by atoms with Crippen LogP contribution >= 0.6 is 0 Å². The number of ether oxygens (including phenoxy) is 1. The van der Waals surface area contributed by atoms with Gasteiger partial charge in [0, 0.05) is 12.8 Å². The van der Waals surface area contributed by atoms with E-state index in [1.807, 2.05) is 0 Å². The number of hydrogen-bond acceptors (Lipinski definition) is 5. The van der Waals surface area contributed by atoms with E-state index in [2.05, 4.69) is 19.2 Å². The summed E-state index contributed by atoms with van der Waals surface area (Å²) in [4.78, 5) is 24.6. The molecule has 0 saturated heterocycles. The maximum absolute atomic E-state index is 12.5. The number of rotatable bonds is 72. The van der Waals surface area contributed by atoms with E-state index < -0.39 is 12.1 Å². The quantitative estimate of drug-likeness (QED) is 0.0417. The Morgan fingerprint density at radius 3 is 0.753 bits per heavy atom. The van der Waals surface area contributed by atoms with Crippen LogP contribution < -0.4 is 5.32 Å². The molecular formula is C75H149NO5. The van der Waals surface area contributed by atoms with E-state index in [4.69, 9.17) is 4.74 Å². The van der Waals surface area contributed by atoms with Crippen LogP contribution in [0.15, 0.2) is 0 Å². The molecule has 484 valence electrons. The average Bonchev–Trinajstić information content (AvgIpc) is 3.47. The zero-order valence-corrected chi connectivity index (χ0v) is 55.6. The number of aliphatic hydroxyl groups is 2. The van der Waals surface area contributed by atoms with E-state index in [1.54, 1.807) is 0 Å². The third-order valence-corrected chi connectivity index (χ3v) is 18.2. The van der Waals surface area contributed by atoms with E-state index in [9.17, 15) is 19.8 Å². The van der Waals surface area contributed by atoms with Crippen LogP contribution in [0.25, 0.3) is 0 Å². The maximum Gasteiger partial charge on any atom is 0.305 e. The molecule has 0 spiro atoms. The molecule has 0 aromatic rings. The van der Waals surface area contributed by atoms with Gasteiger partial charge in [0.15, 0.2) is 0 Å². The molecule has 6 nitrogen and oxygen atoms in total. The highest BCUT2D eigenvalue weighted by Crippen LogP contribution is 2.20. The molecule has 81 heavy (non-hydrogen) atoms. The van der Waals surface area contributed by atoms with Gasteiger partial charge in [-0.15, -0.1) is 0 Å². The van der Waals surface area contributed by atoms with Crippen molar-refractivity contribution in [1.29, 1.82) is 0 Å². The summed E-state index contributed by atoms with van der Waals surface area (Å²) >= 11 is 0. The van der Waals surface area contributed by atoms with Gasteiger partial charge in [-0.3, -0.25) is 9.59 Å². The lowest BCUT2D eigenvalue weighted by Gasteiger charge is -2.22. The standard InChI is InChI=1S/C75H149NO5/c1-3-5-7-9-11-13-15-16-17-42-45-49-53-57-61-65-69-75(80)81-70-66-62-58-54-50-46-43-40-38-36-34-32-30-28-26-24-22-20-18-19-21-23-25-27-29-31-33-35-37-39-41-44-48-52-56-60-64-68-74(79)76-72(71-77)73(78)67-63-59-55-51-47-14-12-10-8-6-4-2/h72-73,77-78H,3-71H2,1-2H3,(H,76,79). The van der Waals surface area contributed by atoms with Crippen molar-refractivity contribution in [3.8, 4) is 0 Å². The van der Waals surface area contributed by atoms with Gasteiger partial charge >= 0.3 is 5.97 Å². The molecule has 0 radical (unpaired) electrons. The lowest BCUT2D eigenvalue weighted by Crippen LogP contribution is -2.45. The smallest absolute Gasteiger partial charge is 0.305 e. The monoisotopic (exact) mass is 1140 g/mol. The van der Waals surface area contributed by atoms with E-state index in [0.717, 1.165) is 38.5 Å². The van der Waals surface area contributed by atoms with Crippen LogP contribution in [-0.2, 0) is 14.3 Å². The summed E-state index contributed by atoms with van der Waals surface area (Å²) in [5, 5.41) is 23.2. The molecule has 0 aliphatic rings. The van der Waals surface area contributed by atoms with Gasteiger partial charge in [0.25, 0.3) is 0 Å². The fourth-order valence-corrected chi connectivity index (χ4v) is 12.4. The van der Waals surface area contributed by atoms with Gasteiger partial charge in [0.05, 0.1) is 25.4 Å². The molecule has 0 rings (SSSR count). The molecule has 0 aliphatic heterocycles. The van der Waals surface area contributed by atoms with Gasteiger partial charge in [-0.2, -0.15) is 0 Å². The van der Waals surface area contributed by atoms with Crippen molar-refractivity contribution < 1.29 is 24.5 Å². The fraction of sp³-hybridized carbons (Fsp3) is 0.973. The molecule has 0 aromatic heterocycles. The van der Waals surface area contributed by atoms with Gasteiger partial charge < -0.3 is 20.3 Å². The normalized spacial score (nSPS) is 12.4. The summed E-state index contributed by atoms with van der Waals surface area (Å²) in [7, 11) is 0. The largest absolute Gasteiger partial charge is 0.466 e. The molecule has 0 heterocycles. The van der Waals surface area contributed by atoms with Crippen molar-refractivity contribution in [2.75, 3.05) is 13.2 Å². The Morgan fingerprint density at radius 2 is 0.506 bits per heavy atom. The molecule has 0 saturated carbocycles. The van der Waals surface area contributed by atoms with Crippen molar-refractivity contribution in [3.05, 3.63) is 0 Å². The van der Waals surface area contributed by atoms with Gasteiger partial charge in [0.2, 0.25) is 5.91 Å². The Kier molecular flexibility index (Phi) is 70.3. The molecule has 0 fully saturated rings. The number of carbonyl (C=O) groups is 2. The molecule has 0 aliphatic carbocycles. The van der Waals surface area contributed by atoms with Crippen molar-refractivity contribution in [1.82, 2.24) is 5.32 Å². The lowest BCUT2D eigenvalue weighted by atomic mass is 10.0. The zero-order valence-electron chi connectivity index (χ0n) is 55.6. The maximum atomic E-state index is 12.5. The molecule has 1 amide bonds. The number of carbonyl (C=O) groups excluding carboxylic acids is 2. The number of esters is 1. The SMILES string of the molecule is CCCCCCCCCCCCCCCCCCC(=O)OCCCCCCCCCCCCCCCCCCCCCCCCCCCCCCCCCCCCCCCC(=O)NC(CO)C(O)CCCCCCCCCCCCC. The Hall–Kier alpha value is -1.14. The highest BCUT2D eigenvalue weighted by atomic mass is 16.5. The zero-order chi connectivity index (χ0) is 58.5. The summed E-state index contributed by atoms with van der Waals surface area (Å²) in [6, 6.07) is -0.534. The lowest BCUT2D eigenvalue weighted by molar-refractivity contribution is -0.143. The fourth-order valence-electron chi connectivity index (χ4n) is 12.4. The first kappa shape index (κ1) is 79.9. The van der Waals surface area contributed by atoms with Crippen LogP contribution in [0.2, 0.25) is 0 Å². The summed E-state index contributed by atoms with van der Waals surface area (Å²) in [5.41, 5.74) is 0. The van der Waals surface area contributed by atoms with Crippen LogP contribution in [0.5, 0.6) is 0 Å². The number of amides is 1. The Morgan fingerprint density at radius 1 is 0.296 bits per heavy atom. The molecular weight excluding hydrogens is 995 g/mol. The van der Waals surface area contributed by atoms with Crippen LogP contribution in [0.4, 0.5) is 0 Å². The Labute approximate surface area is 508 Å². The topological polar surface area (TPSA) is 95.9 Å². The molecule has 2 unspecified atom stereocenters. The van der Waals surface area contributed by atoms with Crippen LogP contribution in [0, 0.1) is 0 Å². The molecule has 0 bridgehead atoms. The first-order chi connectivity index (χ1) is 40.0. The second-order valence-corrected chi connectivity index (χ2v) is 26.4. The first-order valence-corrected chi connectivity index (χ1v) is 37.8. The minimum absolute atomic E-state index is 0.0273. The summed E-state index contributed by atoms with van der Waals surface area (Å²) in [5.74, 6) is 0.000702. The minimum atomic E-state index is -0.657. The Balaban J connectivity index is 3.26. The van der Waals surface area contributed by atoms with Crippen molar-refractivity contribution >= 4 is 11.9 Å². The van der Waals surface area contributed by atoms with Gasteiger partial charge in [-0.05, 0) is 25.7 Å². The van der Waals surface area contributed by atoms with Gasteiger partial charge in [0.1, 0.15) is 0 Å². The molecule has 2 atom stereocenters. The molecule has 3 N–H and O–H groups in total. The second-order valence-electron chi connectivity index (χ2n) is 26.4. The number of aliphatic hydroxyl groups excluding tert-OH is 2. The van der Waals surface area contributed by atoms with E-state index in [-0.39, 0.29) is 18.5 Å². The summed E-state index contributed by atoms with van der Waals surface area (Å²) in [6.07, 6.45) is 87.7. The first-order valence-electron chi connectivity index (χ1n) is 37.8. The van der Waals surface area contributed by atoms with E-state index in [0.29, 0.717) is 25.9 Å². The number of nitrogens with one attached hydrogen (secondary N) is 1.